The summed E-state index contributed by atoms with van der Waals surface area (Å²) in [6.45, 7) is 1.71. The fourth-order valence-corrected chi connectivity index (χ4v) is 3.60. The molecule has 2 unspecified atom stereocenters. The van der Waals surface area contributed by atoms with Gasteiger partial charge in [0.1, 0.15) is 25.9 Å². The van der Waals surface area contributed by atoms with Crippen LogP contribution in [0, 0.1) is 0 Å². The van der Waals surface area contributed by atoms with Crippen LogP contribution in [-0.4, -0.2) is 96.5 Å². The molecule has 0 bridgehead atoms. The predicted octanol–water partition coefficient (Wildman–Crippen LogP) is 4.15. The lowest BCUT2D eigenvalue weighted by molar-refractivity contribution is -0.870. The van der Waals surface area contributed by atoms with E-state index >= 15 is 0 Å². The highest BCUT2D eigenvalue weighted by Gasteiger charge is 2.24. The zero-order valence-electron chi connectivity index (χ0n) is 25.0. The highest BCUT2D eigenvalue weighted by molar-refractivity contribution is 7.47. The molecule has 4 atom stereocenters. The molecule has 0 aliphatic heterocycles. The Kier molecular flexibility index (Phi) is 22.2. The molecule has 0 spiro atoms. The molecule has 234 valence electrons. The fourth-order valence-electron chi connectivity index (χ4n) is 2.86. The Labute approximate surface area is 245 Å². The van der Waals surface area contributed by atoms with Gasteiger partial charge in [0.2, 0.25) is 0 Å². The fraction of sp³-hybridized carbons (Fsp3) is 0.567. The lowest BCUT2D eigenvalue weighted by Gasteiger charge is -2.24. The van der Waals surface area contributed by atoms with Gasteiger partial charge in [-0.05, 0) is 32.1 Å². The first-order valence-electron chi connectivity index (χ1n) is 13.9. The van der Waals surface area contributed by atoms with E-state index in [1.165, 1.54) is 0 Å². The summed E-state index contributed by atoms with van der Waals surface area (Å²) in [6.07, 6.45) is 22.9. The minimum atomic E-state index is -4.29. The van der Waals surface area contributed by atoms with Crippen LogP contribution in [0.2, 0.25) is 0 Å². The van der Waals surface area contributed by atoms with E-state index in [0.717, 1.165) is 6.42 Å². The molecule has 11 heteroatoms. The number of aliphatic hydroxyl groups excluding tert-OH is 3. The van der Waals surface area contributed by atoms with E-state index in [1.54, 1.807) is 36.5 Å². The molecule has 0 fully saturated rings. The van der Waals surface area contributed by atoms with E-state index in [2.05, 4.69) is 0 Å². The molecule has 0 aliphatic rings. The number of hydrogen-bond donors (Lipinski definition) is 4. The number of likely N-dealkylation sites (N-methyl/N-ethyl adjacent to an activating group) is 1. The third-order valence-corrected chi connectivity index (χ3v) is 6.15. The highest BCUT2D eigenvalue weighted by atomic mass is 31.2. The van der Waals surface area contributed by atoms with Gasteiger partial charge in [-0.3, -0.25) is 13.8 Å². The summed E-state index contributed by atoms with van der Waals surface area (Å²) >= 11 is 0. The first-order valence-corrected chi connectivity index (χ1v) is 15.4. The average Bonchev–Trinajstić information content (AvgIpc) is 2.89. The maximum atomic E-state index is 11.8. The average molecular weight is 601 g/mol. The number of ether oxygens (including phenoxy) is 1. The predicted molar refractivity (Wildman–Crippen MR) is 162 cm³/mol. The molecule has 10 nitrogen and oxygen atoms in total. The first-order chi connectivity index (χ1) is 19.3. The summed E-state index contributed by atoms with van der Waals surface area (Å²) in [4.78, 5) is 21.4. The van der Waals surface area contributed by atoms with Gasteiger partial charge in [-0.15, -0.1) is 0 Å². The Bertz CT molecular complexity index is 919. The number of carbonyl (C=O) groups excluding carboxylic acids is 1. The molecule has 0 aliphatic carbocycles. The number of phosphoric ester groups is 1. The van der Waals surface area contributed by atoms with Crippen molar-refractivity contribution in [2.45, 2.75) is 63.8 Å². The maximum Gasteiger partial charge on any atom is 0.472 e. The van der Waals surface area contributed by atoms with Gasteiger partial charge in [0.15, 0.2) is 0 Å². The van der Waals surface area contributed by atoms with Gasteiger partial charge < -0.3 is 29.4 Å². The molecule has 0 radical (unpaired) electrons. The van der Waals surface area contributed by atoms with Crippen molar-refractivity contribution in [2.24, 2.45) is 0 Å². The van der Waals surface area contributed by atoms with Crippen molar-refractivity contribution in [3.8, 4) is 0 Å². The van der Waals surface area contributed by atoms with Crippen molar-refractivity contribution >= 4 is 13.8 Å². The van der Waals surface area contributed by atoms with Gasteiger partial charge in [0, 0.05) is 6.42 Å². The van der Waals surface area contributed by atoms with Gasteiger partial charge >= 0.3 is 13.8 Å². The summed E-state index contributed by atoms with van der Waals surface area (Å²) in [6, 6.07) is 0. The number of carbonyl (C=O) groups is 1. The van der Waals surface area contributed by atoms with E-state index in [9.17, 15) is 29.6 Å². The van der Waals surface area contributed by atoms with E-state index in [0.29, 0.717) is 36.7 Å². The SMILES string of the molecule is CC/C=C\C[C@H](O)/C=C/C=C/C=C/C(O)C/C=C\C/C=C\CCC(=O)OC[C@@H](O)COP(=O)(O)OCC[N+](C)(C)C. The van der Waals surface area contributed by atoms with Crippen LogP contribution in [0.25, 0.3) is 0 Å². The number of aliphatic hydroxyl groups is 3. The van der Waals surface area contributed by atoms with Crippen LogP contribution in [0.3, 0.4) is 0 Å². The minimum Gasteiger partial charge on any atom is -0.463 e. The monoisotopic (exact) mass is 600 g/mol. The number of phosphoric acid groups is 1. The zero-order chi connectivity index (χ0) is 31.0. The van der Waals surface area contributed by atoms with Crippen LogP contribution < -0.4 is 0 Å². The molecule has 41 heavy (non-hydrogen) atoms. The van der Waals surface area contributed by atoms with Crippen molar-refractivity contribution in [1.82, 2.24) is 0 Å². The molecular weight excluding hydrogens is 549 g/mol. The molecule has 4 N–H and O–H groups in total. The number of rotatable bonds is 23. The Morgan fingerprint density at radius 2 is 1.41 bits per heavy atom. The normalized spacial score (nSPS) is 17.0. The molecule has 0 saturated heterocycles. The second kappa shape index (κ2) is 23.4. The van der Waals surface area contributed by atoms with E-state index in [1.807, 2.05) is 64.5 Å². The summed E-state index contributed by atoms with van der Waals surface area (Å²) in [5.74, 6) is -0.504. The maximum absolute atomic E-state index is 11.8. The molecule has 0 heterocycles. The number of hydrogen-bond acceptors (Lipinski definition) is 8. The van der Waals surface area contributed by atoms with Gasteiger partial charge in [-0.2, -0.15) is 0 Å². The van der Waals surface area contributed by atoms with Crippen LogP contribution >= 0.6 is 7.82 Å². The summed E-state index contributed by atoms with van der Waals surface area (Å²) in [7, 11) is 1.44. The van der Waals surface area contributed by atoms with Crippen molar-refractivity contribution in [2.75, 3.05) is 47.5 Å². The second-order valence-electron chi connectivity index (χ2n) is 10.3. The van der Waals surface area contributed by atoms with Gasteiger partial charge in [-0.1, -0.05) is 79.8 Å². The van der Waals surface area contributed by atoms with Crippen molar-refractivity contribution < 1.29 is 47.8 Å². The number of esters is 1. The molecule has 0 aromatic rings. The smallest absolute Gasteiger partial charge is 0.463 e. The summed E-state index contributed by atoms with van der Waals surface area (Å²) in [5.41, 5.74) is 0. The van der Waals surface area contributed by atoms with Crippen LogP contribution in [-0.2, 0) is 23.1 Å². The topological polar surface area (TPSA) is 143 Å². The lowest BCUT2D eigenvalue weighted by atomic mass is 10.2. The van der Waals surface area contributed by atoms with Crippen molar-refractivity contribution in [3.63, 3.8) is 0 Å². The van der Waals surface area contributed by atoms with E-state index < -0.39 is 38.7 Å². The molecule has 0 aromatic heterocycles. The van der Waals surface area contributed by atoms with Crippen molar-refractivity contribution in [3.05, 3.63) is 72.9 Å². The third kappa shape index (κ3) is 27.8. The number of allylic oxidation sites excluding steroid dienone is 8. The zero-order valence-corrected chi connectivity index (χ0v) is 25.9. The van der Waals surface area contributed by atoms with E-state index in [-0.39, 0.29) is 19.6 Å². The molecule has 0 saturated carbocycles. The van der Waals surface area contributed by atoms with Gasteiger partial charge in [0.25, 0.3) is 0 Å². The quantitative estimate of drug-likeness (QED) is 0.0447. The Morgan fingerprint density at radius 3 is 2.00 bits per heavy atom. The second-order valence-corrected chi connectivity index (χ2v) is 11.8. The third-order valence-electron chi connectivity index (χ3n) is 5.16. The van der Waals surface area contributed by atoms with Crippen LogP contribution in [0.5, 0.6) is 0 Å². The van der Waals surface area contributed by atoms with Gasteiger partial charge in [-0.25, -0.2) is 4.57 Å². The first kappa shape index (κ1) is 38.9. The summed E-state index contributed by atoms with van der Waals surface area (Å²) in [5, 5.41) is 29.6. The van der Waals surface area contributed by atoms with Crippen molar-refractivity contribution in [1.29, 1.82) is 0 Å². The summed E-state index contributed by atoms with van der Waals surface area (Å²) < 4.78 is 26.9. The Balaban J connectivity index is 3.98. The largest absolute Gasteiger partial charge is 0.472 e. The van der Waals surface area contributed by atoms with Crippen LogP contribution in [0.1, 0.15) is 45.4 Å². The molecule has 0 rings (SSSR count). The lowest BCUT2D eigenvalue weighted by Crippen LogP contribution is -2.37. The van der Waals surface area contributed by atoms with E-state index in [4.69, 9.17) is 13.8 Å². The molecular formula is C30H51NO9P+. The van der Waals surface area contributed by atoms with Crippen LogP contribution in [0.15, 0.2) is 72.9 Å². The molecule has 0 amide bonds. The van der Waals surface area contributed by atoms with Gasteiger partial charge in [0.05, 0.1) is 40.0 Å². The Morgan fingerprint density at radius 1 is 0.829 bits per heavy atom. The Hall–Kier alpha value is -2.14. The standard InChI is InChI=1S/C30H50NO9P/c1-5-6-13-18-27(32)20-15-11-12-16-21-28(33)19-14-9-7-8-10-17-22-30(35)38-25-29(34)26-40-41(36,37)39-24-23-31(2,3)4/h6,8-16,20-21,27-29,32-34H,5,7,17-19,22-26H2,1-4H3/p+1/b10-8-,12-11+,13-6-,14-9-,20-15+,21-16+/t27-,28?,29+/m0/s1. The minimum absolute atomic E-state index is 0.0205. The molecule has 0 aromatic carbocycles. The number of nitrogens with zero attached hydrogens (tertiary/aromatic N) is 1. The highest BCUT2D eigenvalue weighted by Crippen LogP contribution is 2.43. The van der Waals surface area contributed by atoms with Crippen LogP contribution in [0.4, 0.5) is 0 Å². The number of quaternary nitrogens is 1.